The van der Waals surface area contributed by atoms with E-state index in [1.165, 1.54) is 42.7 Å². The minimum Gasteiger partial charge on any atom is -0.372 e. The van der Waals surface area contributed by atoms with Gasteiger partial charge in [-0.25, -0.2) is 4.99 Å². The van der Waals surface area contributed by atoms with Crippen LogP contribution in [0.2, 0.25) is 0 Å². The maximum absolute atomic E-state index is 4.73. The van der Waals surface area contributed by atoms with E-state index in [0.717, 1.165) is 18.2 Å². The van der Waals surface area contributed by atoms with Crippen LogP contribution in [0.25, 0.3) is 0 Å². The molecule has 2 N–H and O–H groups in total. The highest BCUT2D eigenvalue weighted by molar-refractivity contribution is 5.80. The van der Waals surface area contributed by atoms with Crippen LogP contribution >= 0.6 is 0 Å². The van der Waals surface area contributed by atoms with Crippen molar-refractivity contribution in [2.45, 2.75) is 46.2 Å². The predicted octanol–water partition coefficient (Wildman–Crippen LogP) is 3.81. The third-order valence-corrected chi connectivity index (χ3v) is 5.04. The zero-order valence-corrected chi connectivity index (χ0v) is 16.7. The normalized spacial score (nSPS) is 15.7. The molecule has 0 radical (unpaired) electrons. The first-order valence-electron chi connectivity index (χ1n) is 9.97. The number of nitrogens with one attached hydrogen (secondary N) is 2. The number of anilines is 1. The van der Waals surface area contributed by atoms with E-state index < -0.39 is 0 Å². The van der Waals surface area contributed by atoms with Gasteiger partial charge in [-0.2, -0.15) is 0 Å². The Bertz CT molecular complexity index is 765. The van der Waals surface area contributed by atoms with E-state index >= 15 is 0 Å². The van der Waals surface area contributed by atoms with E-state index in [2.05, 4.69) is 71.6 Å². The Morgan fingerprint density at radius 1 is 1.22 bits per heavy atom. The third-order valence-electron chi connectivity index (χ3n) is 5.04. The molecule has 1 aliphatic heterocycles. The number of benzene rings is 1. The largest absolute Gasteiger partial charge is 0.372 e. The van der Waals surface area contributed by atoms with Gasteiger partial charge in [0.1, 0.15) is 0 Å². The standard InChI is InChI=1S/C22H31N5/c1-4-23-22(25-16-21-17(2)9-8-12-24-21)26-18(3)19-10-7-11-20(15-19)27-13-5-6-14-27/h7-12,15,18H,4-6,13-14,16H2,1-3H3,(H2,23,25,26). The number of rotatable bonds is 6. The molecular weight excluding hydrogens is 334 g/mol. The first-order valence-corrected chi connectivity index (χ1v) is 9.97. The smallest absolute Gasteiger partial charge is 0.192 e. The van der Waals surface area contributed by atoms with Crippen LogP contribution in [-0.2, 0) is 6.54 Å². The highest BCUT2D eigenvalue weighted by Gasteiger charge is 2.14. The maximum Gasteiger partial charge on any atom is 0.192 e. The summed E-state index contributed by atoms with van der Waals surface area (Å²) in [6.45, 7) is 10.1. The highest BCUT2D eigenvalue weighted by Crippen LogP contribution is 2.24. The monoisotopic (exact) mass is 365 g/mol. The molecule has 1 saturated heterocycles. The lowest BCUT2D eigenvalue weighted by atomic mass is 10.1. The van der Waals surface area contributed by atoms with Gasteiger partial charge in [-0.3, -0.25) is 4.98 Å². The van der Waals surface area contributed by atoms with Crippen molar-refractivity contribution in [3.63, 3.8) is 0 Å². The van der Waals surface area contributed by atoms with Gasteiger partial charge < -0.3 is 15.5 Å². The van der Waals surface area contributed by atoms with Crippen molar-refractivity contribution in [2.75, 3.05) is 24.5 Å². The molecule has 5 nitrogen and oxygen atoms in total. The van der Waals surface area contributed by atoms with Crippen LogP contribution in [0.1, 0.15) is 49.6 Å². The number of aryl methyl sites for hydroxylation is 1. The van der Waals surface area contributed by atoms with Crippen LogP contribution in [0.5, 0.6) is 0 Å². The van der Waals surface area contributed by atoms with Crippen molar-refractivity contribution in [1.29, 1.82) is 0 Å². The Balaban J connectivity index is 1.69. The maximum atomic E-state index is 4.73. The lowest BCUT2D eigenvalue weighted by molar-refractivity contribution is 0.685. The topological polar surface area (TPSA) is 52.6 Å². The first-order chi connectivity index (χ1) is 13.2. The predicted molar refractivity (Wildman–Crippen MR) is 113 cm³/mol. The number of pyridine rings is 1. The molecule has 0 spiro atoms. The van der Waals surface area contributed by atoms with Crippen LogP contribution in [-0.4, -0.2) is 30.6 Å². The Labute approximate surface area is 162 Å². The number of hydrogen-bond donors (Lipinski definition) is 2. The SMILES string of the molecule is CCNC(=NCc1ncccc1C)NC(C)c1cccc(N2CCCC2)c1. The Morgan fingerprint density at radius 3 is 2.78 bits per heavy atom. The van der Waals surface area contributed by atoms with E-state index in [1.807, 2.05) is 12.3 Å². The van der Waals surface area contributed by atoms with Crippen LogP contribution in [0.3, 0.4) is 0 Å². The lowest BCUT2D eigenvalue weighted by Crippen LogP contribution is -2.38. The molecule has 3 rings (SSSR count). The Hall–Kier alpha value is -2.56. The van der Waals surface area contributed by atoms with Crippen molar-refractivity contribution >= 4 is 11.6 Å². The second kappa shape index (κ2) is 9.40. The number of guanidine groups is 1. The van der Waals surface area contributed by atoms with Gasteiger partial charge >= 0.3 is 0 Å². The summed E-state index contributed by atoms with van der Waals surface area (Å²) in [5.74, 6) is 0.821. The van der Waals surface area contributed by atoms with Crippen LogP contribution < -0.4 is 15.5 Å². The summed E-state index contributed by atoms with van der Waals surface area (Å²) in [7, 11) is 0. The molecule has 1 unspecified atom stereocenters. The minimum absolute atomic E-state index is 0.176. The minimum atomic E-state index is 0.176. The first kappa shape index (κ1) is 19.2. The van der Waals surface area contributed by atoms with Crippen molar-refractivity contribution in [1.82, 2.24) is 15.6 Å². The van der Waals surface area contributed by atoms with Crippen LogP contribution in [0.15, 0.2) is 47.6 Å². The molecule has 1 aliphatic rings. The molecule has 1 aromatic heterocycles. The molecule has 0 amide bonds. The van der Waals surface area contributed by atoms with Gasteiger partial charge in [-0.15, -0.1) is 0 Å². The van der Waals surface area contributed by atoms with Crippen molar-refractivity contribution in [3.8, 4) is 0 Å². The summed E-state index contributed by atoms with van der Waals surface area (Å²) in [4.78, 5) is 11.6. The molecular formula is C22H31N5. The third kappa shape index (κ3) is 5.22. The van der Waals surface area contributed by atoms with Gasteiger partial charge in [0.15, 0.2) is 5.96 Å². The summed E-state index contributed by atoms with van der Waals surface area (Å²) in [5, 5.41) is 6.88. The van der Waals surface area contributed by atoms with Crippen molar-refractivity contribution < 1.29 is 0 Å². The molecule has 0 bridgehead atoms. The number of aromatic nitrogens is 1. The van der Waals surface area contributed by atoms with Gasteiger partial charge in [0.2, 0.25) is 0 Å². The van der Waals surface area contributed by atoms with E-state index in [-0.39, 0.29) is 6.04 Å². The molecule has 144 valence electrons. The van der Waals surface area contributed by atoms with Crippen LogP contribution in [0.4, 0.5) is 5.69 Å². The zero-order chi connectivity index (χ0) is 19.1. The summed E-state index contributed by atoms with van der Waals surface area (Å²) in [6, 6.07) is 13.1. The van der Waals surface area contributed by atoms with Crippen molar-refractivity contribution in [2.24, 2.45) is 4.99 Å². The van der Waals surface area contributed by atoms with E-state index in [1.54, 1.807) is 0 Å². The number of hydrogen-bond acceptors (Lipinski definition) is 3. The molecule has 27 heavy (non-hydrogen) atoms. The fraction of sp³-hybridized carbons (Fsp3) is 0.455. The summed E-state index contributed by atoms with van der Waals surface area (Å²) < 4.78 is 0. The lowest BCUT2D eigenvalue weighted by Gasteiger charge is -2.22. The fourth-order valence-corrected chi connectivity index (χ4v) is 3.41. The van der Waals surface area contributed by atoms with Gasteiger partial charge in [0, 0.05) is 31.5 Å². The van der Waals surface area contributed by atoms with E-state index in [0.29, 0.717) is 6.54 Å². The molecule has 1 aromatic carbocycles. The van der Waals surface area contributed by atoms with E-state index in [9.17, 15) is 0 Å². The summed E-state index contributed by atoms with van der Waals surface area (Å²) in [6.07, 6.45) is 4.41. The molecule has 2 aromatic rings. The Kier molecular flexibility index (Phi) is 6.69. The van der Waals surface area contributed by atoms with Gasteiger partial charge in [-0.1, -0.05) is 18.2 Å². The molecule has 0 aliphatic carbocycles. The average Bonchev–Trinajstić information content (AvgIpc) is 3.22. The quantitative estimate of drug-likeness (QED) is 0.604. The zero-order valence-electron chi connectivity index (χ0n) is 16.7. The summed E-state index contributed by atoms with van der Waals surface area (Å²) >= 11 is 0. The van der Waals surface area contributed by atoms with Gasteiger partial charge in [-0.05, 0) is 62.9 Å². The van der Waals surface area contributed by atoms with Crippen LogP contribution in [0, 0.1) is 6.92 Å². The molecule has 1 fully saturated rings. The Morgan fingerprint density at radius 2 is 2.04 bits per heavy atom. The van der Waals surface area contributed by atoms with E-state index in [4.69, 9.17) is 4.99 Å². The number of nitrogens with zero attached hydrogens (tertiary/aromatic N) is 3. The molecule has 0 saturated carbocycles. The second-order valence-electron chi connectivity index (χ2n) is 7.12. The molecule has 5 heteroatoms. The van der Waals surface area contributed by atoms with Gasteiger partial charge in [0.05, 0.1) is 18.3 Å². The van der Waals surface area contributed by atoms with Gasteiger partial charge in [0.25, 0.3) is 0 Å². The van der Waals surface area contributed by atoms with Crippen molar-refractivity contribution in [3.05, 3.63) is 59.4 Å². The fourth-order valence-electron chi connectivity index (χ4n) is 3.41. The molecule has 2 heterocycles. The summed E-state index contributed by atoms with van der Waals surface area (Å²) in [5.41, 5.74) is 4.78. The second-order valence-corrected chi connectivity index (χ2v) is 7.12. The molecule has 1 atom stereocenters. The number of aliphatic imine (C=N–C) groups is 1. The average molecular weight is 366 g/mol. The highest BCUT2D eigenvalue weighted by atomic mass is 15.2.